The Bertz CT molecular complexity index is 1450. The zero-order valence-corrected chi connectivity index (χ0v) is 26.0. The number of nitrogens with zero attached hydrogens (tertiary/aromatic N) is 2. The highest BCUT2D eigenvalue weighted by Gasteiger charge is 2.33. The van der Waals surface area contributed by atoms with Gasteiger partial charge in [-0.2, -0.15) is 0 Å². The molecule has 0 saturated heterocycles. The van der Waals surface area contributed by atoms with Crippen LogP contribution in [0.2, 0.25) is 15.1 Å². The van der Waals surface area contributed by atoms with Gasteiger partial charge in [0.15, 0.2) is 0 Å². The molecule has 0 saturated carbocycles. The van der Waals surface area contributed by atoms with Gasteiger partial charge in [0.25, 0.3) is 10.0 Å². The van der Waals surface area contributed by atoms with Crippen LogP contribution in [0.1, 0.15) is 38.8 Å². The Labute approximate surface area is 251 Å². The SMILES string of the molecule is Cc1ccc(S(=O)(=O)N(CC(=O)N(Cc2ccc(Cl)cc2)[C@H](C)C(=O)NC(C)(C)C)c2cc(Cl)cc(Cl)c2)cc1. The number of hydrogen-bond acceptors (Lipinski definition) is 4. The summed E-state index contributed by atoms with van der Waals surface area (Å²) in [5, 5.41) is 3.82. The molecule has 0 unspecified atom stereocenters. The lowest BCUT2D eigenvalue weighted by atomic mass is 10.1. The largest absolute Gasteiger partial charge is 0.350 e. The average molecular weight is 625 g/mol. The van der Waals surface area contributed by atoms with Crippen molar-refractivity contribution < 1.29 is 18.0 Å². The van der Waals surface area contributed by atoms with Crippen LogP contribution in [0, 0.1) is 6.92 Å². The van der Waals surface area contributed by atoms with E-state index in [9.17, 15) is 18.0 Å². The quantitative estimate of drug-likeness (QED) is 0.295. The topological polar surface area (TPSA) is 86.8 Å². The molecule has 2 amide bonds. The predicted molar refractivity (Wildman–Crippen MR) is 162 cm³/mol. The van der Waals surface area contributed by atoms with E-state index in [-0.39, 0.29) is 33.1 Å². The molecule has 0 radical (unpaired) electrons. The number of anilines is 1. The molecular weight excluding hydrogens is 593 g/mol. The summed E-state index contributed by atoms with van der Waals surface area (Å²) in [4.78, 5) is 28.4. The van der Waals surface area contributed by atoms with Gasteiger partial charge in [0.2, 0.25) is 11.8 Å². The summed E-state index contributed by atoms with van der Waals surface area (Å²) in [6.45, 7) is 8.39. The van der Waals surface area contributed by atoms with E-state index in [2.05, 4.69) is 5.32 Å². The van der Waals surface area contributed by atoms with Crippen LogP contribution in [0.4, 0.5) is 5.69 Å². The second kappa shape index (κ2) is 12.8. The van der Waals surface area contributed by atoms with Crippen LogP contribution >= 0.6 is 34.8 Å². The highest BCUT2D eigenvalue weighted by molar-refractivity contribution is 7.92. The van der Waals surface area contributed by atoms with Crippen LogP contribution in [0.15, 0.2) is 71.6 Å². The number of hydrogen-bond donors (Lipinski definition) is 1. The Morgan fingerprint density at radius 1 is 0.875 bits per heavy atom. The lowest BCUT2D eigenvalue weighted by Gasteiger charge is -2.33. The number of nitrogens with one attached hydrogen (secondary N) is 1. The molecule has 0 heterocycles. The Morgan fingerprint density at radius 2 is 1.43 bits per heavy atom. The van der Waals surface area contributed by atoms with Crippen molar-refractivity contribution in [3.05, 3.63) is 92.9 Å². The normalized spacial score (nSPS) is 12.5. The molecule has 3 aromatic rings. The van der Waals surface area contributed by atoms with Crippen LogP contribution in [-0.4, -0.2) is 43.3 Å². The van der Waals surface area contributed by atoms with Gasteiger partial charge >= 0.3 is 0 Å². The molecule has 1 atom stereocenters. The number of sulfonamides is 1. The average Bonchev–Trinajstić information content (AvgIpc) is 2.85. The molecule has 0 spiro atoms. The summed E-state index contributed by atoms with van der Waals surface area (Å²) in [7, 11) is -4.24. The van der Waals surface area contributed by atoms with Crippen molar-refractivity contribution in [1.82, 2.24) is 10.2 Å². The first-order valence-corrected chi connectivity index (χ1v) is 15.1. The molecule has 3 aromatic carbocycles. The van der Waals surface area contributed by atoms with E-state index >= 15 is 0 Å². The Morgan fingerprint density at radius 3 is 1.95 bits per heavy atom. The molecule has 1 N–H and O–H groups in total. The van der Waals surface area contributed by atoms with Crippen molar-refractivity contribution in [3.63, 3.8) is 0 Å². The minimum absolute atomic E-state index is 0.00947. The van der Waals surface area contributed by atoms with E-state index in [4.69, 9.17) is 34.8 Å². The molecule has 0 aliphatic heterocycles. The number of carbonyl (C=O) groups is 2. The number of carbonyl (C=O) groups excluding carboxylic acids is 2. The van der Waals surface area contributed by atoms with Gasteiger partial charge in [0, 0.05) is 27.2 Å². The molecule has 0 aromatic heterocycles. The fourth-order valence-corrected chi connectivity index (χ4v) is 5.93. The summed E-state index contributed by atoms with van der Waals surface area (Å²) in [6, 6.07) is 16.5. The van der Waals surface area contributed by atoms with Crippen LogP contribution < -0.4 is 9.62 Å². The molecule has 3 rings (SSSR count). The highest BCUT2D eigenvalue weighted by Crippen LogP contribution is 2.30. The third-order valence-corrected chi connectivity index (χ3v) is 8.43. The van der Waals surface area contributed by atoms with Gasteiger partial charge in [-0.25, -0.2) is 8.42 Å². The second-order valence-electron chi connectivity index (χ2n) is 10.5. The Hall–Kier alpha value is -2.78. The third-order valence-electron chi connectivity index (χ3n) is 5.95. The van der Waals surface area contributed by atoms with Crippen LogP contribution in [0.25, 0.3) is 0 Å². The lowest BCUT2D eigenvalue weighted by molar-refractivity contribution is -0.140. The van der Waals surface area contributed by atoms with Gasteiger partial charge in [-0.15, -0.1) is 0 Å². The summed E-state index contributed by atoms with van der Waals surface area (Å²) in [5.41, 5.74) is 1.16. The fraction of sp³-hybridized carbons (Fsp3) is 0.310. The summed E-state index contributed by atoms with van der Waals surface area (Å²) < 4.78 is 28.7. The Kier molecular flexibility index (Phi) is 10.2. The van der Waals surface area contributed by atoms with Gasteiger partial charge in [0.1, 0.15) is 12.6 Å². The van der Waals surface area contributed by atoms with Gasteiger partial charge in [-0.1, -0.05) is 64.6 Å². The third kappa shape index (κ3) is 8.36. The summed E-state index contributed by atoms with van der Waals surface area (Å²) >= 11 is 18.5. The van der Waals surface area contributed by atoms with E-state index in [1.54, 1.807) is 43.3 Å². The van der Waals surface area contributed by atoms with E-state index in [1.807, 2.05) is 27.7 Å². The Balaban J connectivity index is 2.07. The molecular formula is C29H32Cl3N3O4S. The lowest BCUT2D eigenvalue weighted by Crippen LogP contribution is -2.54. The minimum atomic E-state index is -4.24. The standard InChI is InChI=1S/C29H32Cl3N3O4S/c1-19-6-12-26(13-7-19)40(38,39)35(25-15-23(31)14-24(32)16-25)18-27(36)34(17-21-8-10-22(30)11-9-21)20(2)28(37)33-29(3,4)5/h6-16,20H,17-18H2,1-5H3,(H,33,37)/t20-/m1/s1. The van der Waals surface area contributed by atoms with Crippen molar-refractivity contribution in [2.24, 2.45) is 0 Å². The number of rotatable bonds is 9. The molecule has 0 aliphatic rings. The monoisotopic (exact) mass is 623 g/mol. The van der Waals surface area contributed by atoms with E-state index in [0.29, 0.717) is 10.6 Å². The molecule has 11 heteroatoms. The van der Waals surface area contributed by atoms with Crippen molar-refractivity contribution in [2.75, 3.05) is 10.8 Å². The maximum atomic E-state index is 14.0. The minimum Gasteiger partial charge on any atom is -0.350 e. The van der Waals surface area contributed by atoms with Gasteiger partial charge < -0.3 is 10.2 Å². The first-order valence-electron chi connectivity index (χ1n) is 12.5. The molecule has 0 aliphatic carbocycles. The van der Waals surface area contributed by atoms with Crippen molar-refractivity contribution in [3.8, 4) is 0 Å². The van der Waals surface area contributed by atoms with E-state index in [1.165, 1.54) is 35.2 Å². The van der Waals surface area contributed by atoms with Crippen LogP contribution in [0.3, 0.4) is 0 Å². The number of benzene rings is 3. The first kappa shape index (κ1) is 31.7. The van der Waals surface area contributed by atoms with Crippen molar-refractivity contribution in [1.29, 1.82) is 0 Å². The van der Waals surface area contributed by atoms with Crippen LogP contribution in [-0.2, 0) is 26.2 Å². The fourth-order valence-electron chi connectivity index (χ4n) is 3.89. The first-order chi connectivity index (χ1) is 18.6. The van der Waals surface area contributed by atoms with Gasteiger partial charge in [-0.3, -0.25) is 13.9 Å². The molecule has 214 valence electrons. The predicted octanol–water partition coefficient (Wildman–Crippen LogP) is 6.48. The number of amides is 2. The highest BCUT2D eigenvalue weighted by atomic mass is 35.5. The zero-order chi connectivity index (χ0) is 29.8. The van der Waals surface area contributed by atoms with E-state index in [0.717, 1.165) is 9.87 Å². The number of halogens is 3. The van der Waals surface area contributed by atoms with Gasteiger partial charge in [-0.05, 0) is 82.6 Å². The molecule has 0 bridgehead atoms. The smallest absolute Gasteiger partial charge is 0.264 e. The second-order valence-corrected chi connectivity index (χ2v) is 13.7. The van der Waals surface area contributed by atoms with Gasteiger partial charge in [0.05, 0.1) is 10.6 Å². The maximum Gasteiger partial charge on any atom is 0.264 e. The molecule has 0 fully saturated rings. The van der Waals surface area contributed by atoms with Crippen molar-refractivity contribution in [2.45, 2.75) is 57.6 Å². The molecule has 7 nitrogen and oxygen atoms in total. The van der Waals surface area contributed by atoms with Crippen LogP contribution in [0.5, 0.6) is 0 Å². The molecule has 40 heavy (non-hydrogen) atoms. The summed E-state index contributed by atoms with van der Waals surface area (Å²) in [5.74, 6) is -0.980. The van der Waals surface area contributed by atoms with E-state index < -0.39 is 34.1 Å². The zero-order valence-electron chi connectivity index (χ0n) is 22.9. The summed E-state index contributed by atoms with van der Waals surface area (Å²) in [6.07, 6.45) is 0. The number of aryl methyl sites for hydroxylation is 1. The maximum absolute atomic E-state index is 14.0. The van der Waals surface area contributed by atoms with Crippen molar-refractivity contribution >= 4 is 62.3 Å².